The quantitative estimate of drug-likeness (QED) is 0.718. The van der Waals surface area contributed by atoms with E-state index in [4.69, 9.17) is 11.6 Å². The summed E-state index contributed by atoms with van der Waals surface area (Å²) in [5.41, 5.74) is 1.55. The molecule has 1 aliphatic rings. The van der Waals surface area contributed by atoms with Gasteiger partial charge in [0.15, 0.2) is 0 Å². The summed E-state index contributed by atoms with van der Waals surface area (Å²) in [6.45, 7) is 8.85. The molecule has 0 saturated carbocycles. The van der Waals surface area contributed by atoms with Gasteiger partial charge in [0.1, 0.15) is 5.82 Å². The smallest absolute Gasteiger partial charge is 0.224 e. The van der Waals surface area contributed by atoms with E-state index in [0.29, 0.717) is 10.7 Å². The molecule has 1 aromatic heterocycles. The number of aryl methyl sites for hydroxylation is 1. The summed E-state index contributed by atoms with van der Waals surface area (Å²) >= 11 is 5.88. The molecule has 94 valence electrons. The van der Waals surface area contributed by atoms with Crippen molar-refractivity contribution in [1.82, 2.24) is 9.97 Å². The van der Waals surface area contributed by atoms with E-state index >= 15 is 0 Å². The Kier molecular flexibility index (Phi) is 3.57. The third kappa shape index (κ3) is 3.09. The van der Waals surface area contributed by atoms with Gasteiger partial charge >= 0.3 is 0 Å². The maximum Gasteiger partial charge on any atom is 0.224 e. The largest absolute Gasteiger partial charge is 0.356 e. The number of rotatable bonds is 1. The molecule has 1 aromatic rings. The zero-order valence-corrected chi connectivity index (χ0v) is 11.6. The molecule has 3 nitrogen and oxygen atoms in total. The number of aromatic nitrogens is 2. The Morgan fingerprint density at radius 2 is 2.06 bits per heavy atom. The van der Waals surface area contributed by atoms with Crippen LogP contribution in [0.4, 0.5) is 5.82 Å². The Morgan fingerprint density at radius 1 is 1.29 bits per heavy atom. The predicted molar refractivity (Wildman–Crippen MR) is 71.6 cm³/mol. The molecule has 0 radical (unpaired) electrons. The molecule has 2 heterocycles. The van der Waals surface area contributed by atoms with Gasteiger partial charge in [-0.2, -0.15) is 0 Å². The van der Waals surface area contributed by atoms with Gasteiger partial charge in [0.05, 0.1) is 0 Å². The average Bonchev–Trinajstić information content (AvgIpc) is 2.43. The third-order valence-corrected chi connectivity index (χ3v) is 3.74. The summed E-state index contributed by atoms with van der Waals surface area (Å²) in [5, 5.41) is 0.342. The molecule has 1 saturated heterocycles. The second-order valence-electron chi connectivity index (χ2n) is 5.65. The average molecular weight is 254 g/mol. The topological polar surface area (TPSA) is 29.0 Å². The van der Waals surface area contributed by atoms with E-state index in [2.05, 4.69) is 28.7 Å². The highest BCUT2D eigenvalue weighted by atomic mass is 35.5. The molecule has 1 fully saturated rings. The second kappa shape index (κ2) is 4.81. The fourth-order valence-electron chi connectivity index (χ4n) is 2.37. The maximum atomic E-state index is 5.88. The number of hydrogen-bond donors (Lipinski definition) is 0. The number of halogens is 1. The summed E-state index contributed by atoms with van der Waals surface area (Å²) in [6.07, 6.45) is 5.50. The highest BCUT2D eigenvalue weighted by molar-refractivity contribution is 6.28. The van der Waals surface area contributed by atoms with Crippen LogP contribution in [0.3, 0.4) is 0 Å². The van der Waals surface area contributed by atoms with E-state index in [1.165, 1.54) is 19.3 Å². The molecule has 4 heteroatoms. The number of hydrogen-bond acceptors (Lipinski definition) is 3. The number of anilines is 1. The first-order chi connectivity index (χ1) is 7.98. The lowest BCUT2D eigenvalue weighted by atomic mass is 9.85. The Morgan fingerprint density at radius 3 is 2.82 bits per heavy atom. The first-order valence-electron chi connectivity index (χ1n) is 6.22. The van der Waals surface area contributed by atoms with Crippen molar-refractivity contribution >= 4 is 17.4 Å². The maximum absolute atomic E-state index is 5.88. The van der Waals surface area contributed by atoms with E-state index in [1.54, 1.807) is 6.20 Å². The molecular formula is C13H20ClN3. The Labute approximate surface area is 108 Å². The van der Waals surface area contributed by atoms with E-state index in [9.17, 15) is 0 Å². The summed E-state index contributed by atoms with van der Waals surface area (Å²) < 4.78 is 0. The fraction of sp³-hybridized carbons (Fsp3) is 0.692. The normalized spacial score (nSPS) is 20.1. The molecule has 0 aromatic carbocycles. The van der Waals surface area contributed by atoms with Crippen molar-refractivity contribution in [3.63, 3.8) is 0 Å². The minimum absolute atomic E-state index is 0.342. The lowest BCUT2D eigenvalue weighted by Gasteiger charge is -2.25. The Hall–Kier alpha value is -0.830. The third-order valence-electron chi connectivity index (χ3n) is 3.56. The summed E-state index contributed by atoms with van der Waals surface area (Å²) in [5.74, 6) is 1.00. The standard InChI is InChI=1S/C13H20ClN3/c1-10-9-15-12(14)16-11(10)17-7-4-5-13(2,3)6-8-17/h9H,4-8H2,1-3H3. The van der Waals surface area contributed by atoms with Gasteiger partial charge < -0.3 is 4.90 Å². The van der Waals surface area contributed by atoms with Gasteiger partial charge in [-0.05, 0) is 43.2 Å². The summed E-state index contributed by atoms with van der Waals surface area (Å²) in [6, 6.07) is 0. The molecule has 0 amide bonds. The van der Waals surface area contributed by atoms with Crippen LogP contribution >= 0.6 is 11.6 Å². The lowest BCUT2D eigenvalue weighted by molar-refractivity contribution is 0.325. The van der Waals surface area contributed by atoms with E-state index < -0.39 is 0 Å². The van der Waals surface area contributed by atoms with Crippen LogP contribution < -0.4 is 4.90 Å². The molecule has 0 unspecified atom stereocenters. The highest BCUT2D eigenvalue weighted by Gasteiger charge is 2.24. The molecule has 17 heavy (non-hydrogen) atoms. The molecule has 0 N–H and O–H groups in total. The first kappa shape index (κ1) is 12.6. The molecule has 0 spiro atoms. The van der Waals surface area contributed by atoms with Crippen molar-refractivity contribution in [2.45, 2.75) is 40.0 Å². The first-order valence-corrected chi connectivity index (χ1v) is 6.60. The van der Waals surface area contributed by atoms with Crippen LogP contribution in [-0.2, 0) is 0 Å². The molecule has 1 aliphatic heterocycles. The minimum atomic E-state index is 0.342. The van der Waals surface area contributed by atoms with Crippen molar-refractivity contribution in [2.24, 2.45) is 5.41 Å². The van der Waals surface area contributed by atoms with Gasteiger partial charge in [-0.25, -0.2) is 9.97 Å². The zero-order chi connectivity index (χ0) is 12.5. The van der Waals surface area contributed by atoms with Crippen LogP contribution in [0.25, 0.3) is 0 Å². The van der Waals surface area contributed by atoms with Gasteiger partial charge in [0, 0.05) is 24.8 Å². The van der Waals surface area contributed by atoms with Crippen LogP contribution in [0, 0.1) is 12.3 Å². The van der Waals surface area contributed by atoms with Crippen molar-refractivity contribution in [3.8, 4) is 0 Å². The fourth-order valence-corrected chi connectivity index (χ4v) is 2.50. The molecule has 0 aliphatic carbocycles. The van der Waals surface area contributed by atoms with E-state index in [1.807, 2.05) is 6.92 Å². The number of nitrogens with zero attached hydrogens (tertiary/aromatic N) is 3. The van der Waals surface area contributed by atoms with Gasteiger partial charge in [-0.15, -0.1) is 0 Å². The van der Waals surface area contributed by atoms with Crippen molar-refractivity contribution < 1.29 is 0 Å². The van der Waals surface area contributed by atoms with Gasteiger partial charge in [0.25, 0.3) is 0 Å². The zero-order valence-electron chi connectivity index (χ0n) is 10.8. The SMILES string of the molecule is Cc1cnc(Cl)nc1N1CCCC(C)(C)CC1. The second-order valence-corrected chi connectivity index (χ2v) is 5.99. The highest BCUT2D eigenvalue weighted by Crippen LogP contribution is 2.32. The molecular weight excluding hydrogens is 234 g/mol. The Balaban J connectivity index is 2.19. The molecule has 2 rings (SSSR count). The monoisotopic (exact) mass is 253 g/mol. The predicted octanol–water partition coefficient (Wildman–Crippen LogP) is 3.45. The van der Waals surface area contributed by atoms with Crippen molar-refractivity contribution in [2.75, 3.05) is 18.0 Å². The minimum Gasteiger partial charge on any atom is -0.356 e. The van der Waals surface area contributed by atoms with Crippen LogP contribution in [0.2, 0.25) is 5.28 Å². The summed E-state index contributed by atoms with van der Waals surface area (Å²) in [7, 11) is 0. The van der Waals surface area contributed by atoms with Crippen LogP contribution in [0.15, 0.2) is 6.20 Å². The van der Waals surface area contributed by atoms with Gasteiger partial charge in [-0.1, -0.05) is 13.8 Å². The van der Waals surface area contributed by atoms with Crippen LogP contribution in [-0.4, -0.2) is 23.1 Å². The van der Waals surface area contributed by atoms with Crippen LogP contribution in [0.5, 0.6) is 0 Å². The molecule has 0 bridgehead atoms. The van der Waals surface area contributed by atoms with Gasteiger partial charge in [-0.3, -0.25) is 0 Å². The van der Waals surface area contributed by atoms with Crippen molar-refractivity contribution in [3.05, 3.63) is 17.0 Å². The van der Waals surface area contributed by atoms with Gasteiger partial charge in [0.2, 0.25) is 5.28 Å². The molecule has 0 atom stereocenters. The van der Waals surface area contributed by atoms with Crippen LogP contribution in [0.1, 0.15) is 38.7 Å². The van der Waals surface area contributed by atoms with Crippen molar-refractivity contribution in [1.29, 1.82) is 0 Å². The van der Waals surface area contributed by atoms with E-state index in [0.717, 1.165) is 24.5 Å². The lowest BCUT2D eigenvalue weighted by Crippen LogP contribution is -2.26. The Bertz CT molecular complexity index is 404. The summed E-state index contributed by atoms with van der Waals surface area (Å²) in [4.78, 5) is 10.7. The van der Waals surface area contributed by atoms with E-state index in [-0.39, 0.29) is 0 Å².